The Bertz CT molecular complexity index is 973. The molecule has 0 bridgehead atoms. The van der Waals surface area contributed by atoms with Gasteiger partial charge in [-0.15, -0.1) is 0 Å². The van der Waals surface area contributed by atoms with E-state index in [0.29, 0.717) is 24.8 Å². The number of H-pyrrole nitrogens is 1. The first kappa shape index (κ1) is 21.0. The molecule has 0 unspecified atom stereocenters. The molecule has 0 radical (unpaired) electrons. The number of carbonyl (C=O) groups is 1. The number of aromatic amines is 1. The molecule has 4 rings (SSSR count). The Labute approximate surface area is 182 Å². The highest BCUT2D eigenvalue weighted by Crippen LogP contribution is 2.20. The number of rotatable bonds is 10. The minimum atomic E-state index is -0.142. The van der Waals surface area contributed by atoms with Gasteiger partial charge in [0.25, 0.3) is 5.91 Å². The Balaban J connectivity index is 1.42. The number of hydrogen-bond acceptors (Lipinski definition) is 6. The maximum Gasteiger partial charge on any atom is 0.253 e. The Morgan fingerprint density at radius 1 is 1.29 bits per heavy atom. The van der Waals surface area contributed by atoms with Crippen LogP contribution in [-0.4, -0.2) is 58.5 Å². The summed E-state index contributed by atoms with van der Waals surface area (Å²) in [5.74, 6) is 0.663. The number of nitrogens with zero attached hydrogens (tertiary/aromatic N) is 3. The van der Waals surface area contributed by atoms with Crippen molar-refractivity contribution in [2.75, 3.05) is 26.7 Å². The van der Waals surface area contributed by atoms with Crippen LogP contribution < -0.4 is 15.4 Å². The lowest BCUT2D eigenvalue weighted by Crippen LogP contribution is -2.55. The summed E-state index contributed by atoms with van der Waals surface area (Å²) in [5.41, 5.74) is 3.69. The SMILES string of the molecule is CN(Cc1cc(CNC(=O)c2cccnc2)cc(OCCc2c[nH]cn2)c1)C1CNC1. The second-order valence-corrected chi connectivity index (χ2v) is 7.80. The molecule has 0 spiro atoms. The minimum Gasteiger partial charge on any atom is -0.493 e. The van der Waals surface area contributed by atoms with E-state index >= 15 is 0 Å². The second-order valence-electron chi connectivity index (χ2n) is 7.80. The Kier molecular flexibility index (Phi) is 6.91. The van der Waals surface area contributed by atoms with Crippen molar-refractivity contribution in [3.8, 4) is 5.75 Å². The normalized spacial score (nSPS) is 13.7. The van der Waals surface area contributed by atoms with Gasteiger partial charge in [0.1, 0.15) is 5.75 Å². The van der Waals surface area contributed by atoms with Crippen molar-refractivity contribution in [3.05, 3.63) is 77.6 Å². The number of amides is 1. The van der Waals surface area contributed by atoms with E-state index in [-0.39, 0.29) is 5.91 Å². The fraction of sp³-hybridized carbons (Fsp3) is 0.348. The van der Waals surface area contributed by atoms with Crippen LogP contribution in [0.15, 0.2) is 55.2 Å². The van der Waals surface area contributed by atoms with Crippen LogP contribution in [0, 0.1) is 0 Å². The molecule has 162 valence electrons. The van der Waals surface area contributed by atoms with Gasteiger partial charge in [-0.05, 0) is 42.4 Å². The summed E-state index contributed by atoms with van der Waals surface area (Å²) < 4.78 is 6.03. The smallest absolute Gasteiger partial charge is 0.253 e. The predicted octanol–water partition coefficient (Wildman–Crippen LogP) is 1.76. The number of benzene rings is 1. The molecule has 8 nitrogen and oxygen atoms in total. The summed E-state index contributed by atoms with van der Waals surface area (Å²) in [7, 11) is 2.14. The van der Waals surface area contributed by atoms with E-state index in [1.54, 1.807) is 30.9 Å². The van der Waals surface area contributed by atoms with E-state index in [1.165, 1.54) is 0 Å². The molecular weight excluding hydrogens is 392 g/mol. The van der Waals surface area contributed by atoms with Crippen molar-refractivity contribution in [1.82, 2.24) is 30.5 Å². The van der Waals surface area contributed by atoms with Crippen molar-refractivity contribution in [1.29, 1.82) is 0 Å². The van der Waals surface area contributed by atoms with Gasteiger partial charge in [0.05, 0.1) is 24.2 Å². The Morgan fingerprint density at radius 3 is 2.87 bits per heavy atom. The molecule has 8 heteroatoms. The summed E-state index contributed by atoms with van der Waals surface area (Å²) in [6.45, 7) is 3.82. The standard InChI is InChI=1S/C23H28N6O2/c1-29(21-13-25-14-21)15-18-7-17(10-27-23(30)19-3-2-5-24-11-19)8-22(9-18)31-6-4-20-12-26-16-28-20/h2-3,5,7-9,11-12,16,21,25H,4,6,10,13-15H2,1H3,(H,26,28)(H,27,30). The lowest BCUT2D eigenvalue weighted by atomic mass is 10.1. The van der Waals surface area contributed by atoms with Crippen molar-refractivity contribution >= 4 is 5.91 Å². The molecule has 1 saturated heterocycles. The fourth-order valence-electron chi connectivity index (χ4n) is 3.49. The maximum absolute atomic E-state index is 12.4. The van der Waals surface area contributed by atoms with E-state index in [0.717, 1.165) is 48.6 Å². The fourth-order valence-corrected chi connectivity index (χ4v) is 3.49. The molecule has 1 amide bonds. The number of likely N-dealkylation sites (N-methyl/N-ethyl adjacent to an activating group) is 1. The van der Waals surface area contributed by atoms with Crippen LogP contribution in [0.25, 0.3) is 0 Å². The number of imidazole rings is 1. The molecule has 0 aliphatic carbocycles. The maximum atomic E-state index is 12.4. The van der Waals surface area contributed by atoms with Crippen molar-refractivity contribution in [2.24, 2.45) is 0 Å². The van der Waals surface area contributed by atoms with Crippen molar-refractivity contribution < 1.29 is 9.53 Å². The average Bonchev–Trinajstić information content (AvgIpc) is 3.25. The van der Waals surface area contributed by atoms with Crippen LogP contribution >= 0.6 is 0 Å². The van der Waals surface area contributed by atoms with Crippen LogP contribution in [0.2, 0.25) is 0 Å². The number of nitrogens with one attached hydrogen (secondary N) is 3. The minimum absolute atomic E-state index is 0.142. The van der Waals surface area contributed by atoms with Crippen LogP contribution in [0.1, 0.15) is 27.2 Å². The molecule has 1 fully saturated rings. The lowest BCUT2D eigenvalue weighted by molar-refractivity contribution is 0.0950. The highest BCUT2D eigenvalue weighted by molar-refractivity contribution is 5.93. The Hall–Kier alpha value is -3.23. The van der Waals surface area contributed by atoms with Crippen molar-refractivity contribution in [2.45, 2.75) is 25.6 Å². The third-order valence-corrected chi connectivity index (χ3v) is 5.40. The van der Waals surface area contributed by atoms with E-state index in [2.05, 4.69) is 49.7 Å². The summed E-state index contributed by atoms with van der Waals surface area (Å²) in [4.78, 5) is 25.9. The molecular formula is C23H28N6O2. The van der Waals surface area contributed by atoms with Gasteiger partial charge in [0, 0.05) is 57.2 Å². The molecule has 0 atom stereocenters. The van der Waals surface area contributed by atoms with Crippen LogP contribution in [0.5, 0.6) is 5.75 Å². The first-order chi connectivity index (χ1) is 15.2. The van der Waals surface area contributed by atoms with Crippen LogP contribution in [-0.2, 0) is 19.5 Å². The van der Waals surface area contributed by atoms with Gasteiger partial charge in [0.2, 0.25) is 0 Å². The molecule has 3 aromatic rings. The topological polar surface area (TPSA) is 95.2 Å². The molecule has 1 aromatic carbocycles. The van der Waals surface area contributed by atoms with Gasteiger partial charge in [-0.1, -0.05) is 6.07 Å². The molecule has 1 aliphatic rings. The quantitative estimate of drug-likeness (QED) is 0.463. The van der Waals surface area contributed by atoms with Crippen molar-refractivity contribution in [3.63, 3.8) is 0 Å². The van der Waals surface area contributed by atoms with Gasteiger partial charge >= 0.3 is 0 Å². The third kappa shape index (κ3) is 5.90. The Morgan fingerprint density at radius 2 is 2.16 bits per heavy atom. The van der Waals surface area contributed by atoms with Gasteiger partial charge in [0.15, 0.2) is 0 Å². The van der Waals surface area contributed by atoms with E-state index in [4.69, 9.17) is 4.74 Å². The molecule has 2 aromatic heterocycles. The van der Waals surface area contributed by atoms with Crippen LogP contribution in [0.4, 0.5) is 0 Å². The summed E-state index contributed by atoms with van der Waals surface area (Å²) in [6.07, 6.45) is 7.50. The largest absolute Gasteiger partial charge is 0.493 e. The zero-order chi connectivity index (χ0) is 21.5. The first-order valence-electron chi connectivity index (χ1n) is 10.5. The summed E-state index contributed by atoms with van der Waals surface area (Å²) in [5, 5.41) is 6.29. The average molecular weight is 421 g/mol. The van der Waals surface area contributed by atoms with E-state index in [9.17, 15) is 4.79 Å². The molecule has 1 aliphatic heterocycles. The van der Waals surface area contributed by atoms with E-state index < -0.39 is 0 Å². The monoisotopic (exact) mass is 420 g/mol. The van der Waals surface area contributed by atoms with Gasteiger partial charge in [-0.2, -0.15) is 0 Å². The highest BCUT2D eigenvalue weighted by atomic mass is 16.5. The number of aromatic nitrogens is 3. The summed E-state index contributed by atoms with van der Waals surface area (Å²) >= 11 is 0. The summed E-state index contributed by atoms with van der Waals surface area (Å²) in [6, 6.07) is 10.3. The van der Waals surface area contributed by atoms with Gasteiger partial charge in [-0.25, -0.2) is 4.98 Å². The number of hydrogen-bond donors (Lipinski definition) is 3. The molecule has 3 heterocycles. The zero-order valence-electron chi connectivity index (χ0n) is 17.7. The first-order valence-corrected chi connectivity index (χ1v) is 10.5. The van der Waals surface area contributed by atoms with Crippen LogP contribution in [0.3, 0.4) is 0 Å². The lowest BCUT2D eigenvalue weighted by Gasteiger charge is -2.35. The zero-order valence-corrected chi connectivity index (χ0v) is 17.7. The number of carbonyl (C=O) groups excluding carboxylic acids is 1. The predicted molar refractivity (Wildman–Crippen MR) is 118 cm³/mol. The van der Waals surface area contributed by atoms with E-state index in [1.807, 2.05) is 12.3 Å². The molecule has 3 N–H and O–H groups in total. The third-order valence-electron chi connectivity index (χ3n) is 5.40. The second kappa shape index (κ2) is 10.2. The van der Waals surface area contributed by atoms with Gasteiger partial charge in [-0.3, -0.25) is 14.7 Å². The number of pyridine rings is 1. The molecule has 0 saturated carbocycles. The van der Waals surface area contributed by atoms with Gasteiger partial charge < -0.3 is 20.4 Å². The highest BCUT2D eigenvalue weighted by Gasteiger charge is 2.21. The number of ether oxygens (including phenoxy) is 1. The molecule has 31 heavy (non-hydrogen) atoms.